The molecule has 0 radical (unpaired) electrons. The van der Waals surface area contributed by atoms with Crippen LogP contribution in [0.3, 0.4) is 0 Å². The van der Waals surface area contributed by atoms with Crippen LogP contribution in [-0.4, -0.2) is 18.5 Å². The van der Waals surface area contributed by atoms with Crippen molar-refractivity contribution in [1.29, 1.82) is 0 Å². The van der Waals surface area contributed by atoms with Gasteiger partial charge < -0.3 is 4.74 Å². The van der Waals surface area contributed by atoms with Crippen molar-refractivity contribution in [3.8, 4) is 0 Å². The Morgan fingerprint density at radius 1 is 1.31 bits per heavy atom. The second-order valence-corrected chi connectivity index (χ2v) is 4.57. The molecular formula is C11H19NO. The maximum absolute atomic E-state index is 5.66. The Hall–Kier alpha value is -0.530. The number of aliphatic imine (C=N–C) groups is 1. The van der Waals surface area contributed by atoms with Gasteiger partial charge in [-0.2, -0.15) is 0 Å². The lowest BCUT2D eigenvalue weighted by molar-refractivity contribution is 0.276. The first-order valence-electron chi connectivity index (χ1n) is 5.48. The highest BCUT2D eigenvalue weighted by molar-refractivity contribution is 5.80. The van der Waals surface area contributed by atoms with Crippen molar-refractivity contribution in [1.82, 2.24) is 0 Å². The van der Waals surface area contributed by atoms with Crippen LogP contribution in [0.5, 0.6) is 0 Å². The maximum Gasteiger partial charge on any atom is 0.186 e. The average Bonchev–Trinajstić information content (AvgIpc) is 2.75. The van der Waals surface area contributed by atoms with Crippen LogP contribution >= 0.6 is 0 Å². The zero-order valence-electron chi connectivity index (χ0n) is 8.62. The van der Waals surface area contributed by atoms with Gasteiger partial charge in [0.2, 0.25) is 0 Å². The molecule has 2 heteroatoms. The summed E-state index contributed by atoms with van der Waals surface area (Å²) in [6.45, 7) is 5.26. The maximum atomic E-state index is 5.66. The van der Waals surface area contributed by atoms with Gasteiger partial charge in [0.05, 0.1) is 6.04 Å². The molecule has 0 bridgehead atoms. The van der Waals surface area contributed by atoms with Crippen LogP contribution in [0.2, 0.25) is 0 Å². The summed E-state index contributed by atoms with van der Waals surface area (Å²) >= 11 is 0. The van der Waals surface area contributed by atoms with Crippen LogP contribution in [-0.2, 0) is 4.74 Å². The van der Waals surface area contributed by atoms with E-state index in [2.05, 4.69) is 18.8 Å². The van der Waals surface area contributed by atoms with Crippen LogP contribution in [0, 0.1) is 11.8 Å². The molecule has 1 fully saturated rings. The van der Waals surface area contributed by atoms with Gasteiger partial charge in [-0.1, -0.05) is 26.7 Å². The molecule has 0 amide bonds. The third-order valence-corrected chi connectivity index (χ3v) is 3.17. The van der Waals surface area contributed by atoms with Gasteiger partial charge >= 0.3 is 0 Å². The Morgan fingerprint density at radius 3 is 2.54 bits per heavy atom. The van der Waals surface area contributed by atoms with E-state index in [4.69, 9.17) is 4.74 Å². The van der Waals surface area contributed by atoms with E-state index >= 15 is 0 Å². The number of hydrogen-bond donors (Lipinski definition) is 0. The van der Waals surface area contributed by atoms with Crippen molar-refractivity contribution in [3.05, 3.63) is 0 Å². The minimum absolute atomic E-state index is 0.426. The van der Waals surface area contributed by atoms with Gasteiger partial charge in [-0.05, 0) is 18.8 Å². The molecule has 1 heterocycles. The fourth-order valence-corrected chi connectivity index (χ4v) is 2.15. The van der Waals surface area contributed by atoms with Crippen LogP contribution in [0.1, 0.15) is 39.5 Å². The van der Waals surface area contributed by atoms with Gasteiger partial charge in [0, 0.05) is 5.92 Å². The first kappa shape index (κ1) is 9.04. The summed E-state index contributed by atoms with van der Waals surface area (Å²) < 4.78 is 5.66. The van der Waals surface area contributed by atoms with Crippen molar-refractivity contribution >= 4 is 5.90 Å². The monoisotopic (exact) mass is 181 g/mol. The molecule has 0 N–H and O–H groups in total. The molecule has 1 aliphatic heterocycles. The van der Waals surface area contributed by atoms with Gasteiger partial charge in [-0.15, -0.1) is 0 Å². The fourth-order valence-electron chi connectivity index (χ4n) is 2.15. The molecule has 13 heavy (non-hydrogen) atoms. The molecule has 0 spiro atoms. The normalized spacial score (nSPS) is 29.5. The minimum atomic E-state index is 0.426. The van der Waals surface area contributed by atoms with Crippen LogP contribution in [0.4, 0.5) is 0 Å². The minimum Gasteiger partial charge on any atom is -0.478 e. The number of rotatable bonds is 2. The standard InChI is InChI=1S/C11H19NO/c1-8(2)10-7-13-11(12-10)9-5-3-4-6-9/h8-10H,3-7H2,1-2H3/t10-/m0/s1. The fraction of sp³-hybridized carbons (Fsp3) is 0.909. The van der Waals surface area contributed by atoms with E-state index in [9.17, 15) is 0 Å². The van der Waals surface area contributed by atoms with E-state index in [0.29, 0.717) is 17.9 Å². The molecule has 0 unspecified atom stereocenters. The van der Waals surface area contributed by atoms with E-state index in [0.717, 1.165) is 12.5 Å². The van der Waals surface area contributed by atoms with Crippen LogP contribution in [0.15, 0.2) is 4.99 Å². The Kier molecular flexibility index (Phi) is 2.56. The first-order chi connectivity index (χ1) is 6.27. The van der Waals surface area contributed by atoms with Crippen LogP contribution < -0.4 is 0 Å². The molecule has 2 rings (SSSR count). The SMILES string of the molecule is CC(C)[C@@H]1COC(C2CCCC2)=N1. The lowest BCUT2D eigenvalue weighted by Crippen LogP contribution is -2.13. The first-order valence-corrected chi connectivity index (χ1v) is 5.48. The van der Waals surface area contributed by atoms with Gasteiger partial charge in [0.1, 0.15) is 6.61 Å². The van der Waals surface area contributed by atoms with Crippen LogP contribution in [0.25, 0.3) is 0 Å². The molecule has 2 aliphatic rings. The van der Waals surface area contributed by atoms with Crippen molar-refractivity contribution in [2.24, 2.45) is 16.8 Å². The third kappa shape index (κ3) is 1.87. The molecule has 1 aliphatic carbocycles. The van der Waals surface area contributed by atoms with E-state index in [1.54, 1.807) is 0 Å². The van der Waals surface area contributed by atoms with E-state index in [1.165, 1.54) is 25.7 Å². The summed E-state index contributed by atoms with van der Waals surface area (Å²) in [7, 11) is 0. The summed E-state index contributed by atoms with van der Waals surface area (Å²) in [5, 5.41) is 0. The smallest absolute Gasteiger partial charge is 0.186 e. The summed E-state index contributed by atoms with van der Waals surface area (Å²) in [6, 6.07) is 0.426. The van der Waals surface area contributed by atoms with Crippen molar-refractivity contribution < 1.29 is 4.74 Å². The Morgan fingerprint density at radius 2 is 2.00 bits per heavy atom. The topological polar surface area (TPSA) is 21.6 Å². The zero-order valence-corrected chi connectivity index (χ0v) is 8.62. The van der Waals surface area contributed by atoms with Gasteiger partial charge in [0.25, 0.3) is 0 Å². The zero-order chi connectivity index (χ0) is 9.26. The number of ether oxygens (including phenoxy) is 1. The highest BCUT2D eigenvalue weighted by atomic mass is 16.5. The summed E-state index contributed by atoms with van der Waals surface area (Å²) in [5.41, 5.74) is 0. The average molecular weight is 181 g/mol. The molecule has 0 aromatic rings. The Bertz CT molecular complexity index is 204. The Balaban J connectivity index is 1.97. The second kappa shape index (κ2) is 3.69. The van der Waals surface area contributed by atoms with Gasteiger partial charge in [-0.3, -0.25) is 0 Å². The second-order valence-electron chi connectivity index (χ2n) is 4.57. The highest BCUT2D eigenvalue weighted by Crippen LogP contribution is 2.29. The lowest BCUT2D eigenvalue weighted by Gasteiger charge is -2.07. The van der Waals surface area contributed by atoms with E-state index < -0.39 is 0 Å². The van der Waals surface area contributed by atoms with E-state index in [-0.39, 0.29) is 0 Å². The molecule has 1 atom stereocenters. The number of nitrogens with zero attached hydrogens (tertiary/aromatic N) is 1. The predicted octanol–water partition coefficient (Wildman–Crippen LogP) is 2.63. The van der Waals surface area contributed by atoms with Gasteiger partial charge in [-0.25, -0.2) is 4.99 Å². The third-order valence-electron chi connectivity index (χ3n) is 3.17. The Labute approximate surface area is 80.4 Å². The lowest BCUT2D eigenvalue weighted by atomic mass is 10.1. The summed E-state index contributed by atoms with van der Waals surface area (Å²) in [6.07, 6.45) is 5.31. The quantitative estimate of drug-likeness (QED) is 0.641. The molecule has 0 saturated heterocycles. The molecule has 2 nitrogen and oxygen atoms in total. The summed E-state index contributed by atoms with van der Waals surface area (Å²) in [4.78, 5) is 4.66. The van der Waals surface area contributed by atoms with Crippen molar-refractivity contribution in [3.63, 3.8) is 0 Å². The molecule has 74 valence electrons. The molecule has 1 saturated carbocycles. The number of hydrogen-bond acceptors (Lipinski definition) is 2. The predicted molar refractivity (Wildman–Crippen MR) is 54.0 cm³/mol. The highest BCUT2D eigenvalue weighted by Gasteiger charge is 2.29. The van der Waals surface area contributed by atoms with Gasteiger partial charge in [0.15, 0.2) is 5.90 Å². The van der Waals surface area contributed by atoms with Crippen molar-refractivity contribution in [2.45, 2.75) is 45.6 Å². The largest absolute Gasteiger partial charge is 0.478 e. The van der Waals surface area contributed by atoms with Crippen molar-refractivity contribution in [2.75, 3.05) is 6.61 Å². The molecule has 0 aromatic carbocycles. The molecular weight excluding hydrogens is 162 g/mol. The summed E-state index contributed by atoms with van der Waals surface area (Å²) in [5.74, 6) is 2.35. The van der Waals surface area contributed by atoms with E-state index in [1.807, 2.05) is 0 Å². The molecule has 0 aromatic heterocycles.